The highest BCUT2D eigenvalue weighted by molar-refractivity contribution is 6.35. The molecule has 0 radical (unpaired) electrons. The topological polar surface area (TPSA) is 40.0 Å². The van der Waals surface area contributed by atoms with Crippen molar-refractivity contribution in [3.8, 4) is 0 Å². The summed E-state index contributed by atoms with van der Waals surface area (Å²) >= 11 is 0. The Balaban J connectivity index is 1.77. The van der Waals surface area contributed by atoms with Crippen molar-refractivity contribution in [3.63, 3.8) is 0 Å². The first-order chi connectivity index (χ1) is 12.1. The van der Waals surface area contributed by atoms with E-state index in [0.29, 0.717) is 6.67 Å². The second-order valence-electron chi connectivity index (χ2n) is 6.39. The van der Waals surface area contributed by atoms with Crippen molar-refractivity contribution in [1.29, 1.82) is 0 Å². The highest BCUT2D eigenvalue weighted by atomic mass is 16.2. The van der Waals surface area contributed by atoms with Gasteiger partial charge in [-0.15, -0.1) is 0 Å². The highest BCUT2D eigenvalue weighted by Gasteiger charge is 2.34. The van der Waals surface area contributed by atoms with Gasteiger partial charge in [-0.3, -0.25) is 9.69 Å². The molecule has 3 heterocycles. The van der Waals surface area contributed by atoms with Gasteiger partial charge in [-0.1, -0.05) is 24.3 Å². The van der Waals surface area contributed by atoms with Gasteiger partial charge in [0.2, 0.25) is 6.67 Å². The first-order valence-electron chi connectivity index (χ1n) is 8.37. The number of fused-ring (bicyclic) bond motifs is 1. The summed E-state index contributed by atoms with van der Waals surface area (Å²) in [6, 6.07) is 16.0. The number of pyridine rings is 1. The summed E-state index contributed by atoms with van der Waals surface area (Å²) < 4.78 is 2.00. The van der Waals surface area contributed by atoms with E-state index in [2.05, 4.69) is 18.0 Å². The number of para-hydroxylation sites is 1. The monoisotopic (exact) mass is 330 g/mol. The van der Waals surface area contributed by atoms with E-state index in [1.165, 1.54) is 0 Å². The summed E-state index contributed by atoms with van der Waals surface area (Å²) in [5.41, 5.74) is 5.90. The van der Waals surface area contributed by atoms with Gasteiger partial charge in [0.15, 0.2) is 12.4 Å². The third-order valence-electron chi connectivity index (χ3n) is 4.52. The molecule has 4 heteroatoms. The number of benzene rings is 1. The molecule has 4 rings (SSSR count). The van der Waals surface area contributed by atoms with Crippen LogP contribution in [0.3, 0.4) is 0 Å². The van der Waals surface area contributed by atoms with Crippen LogP contribution in [0.5, 0.6) is 0 Å². The molecule has 0 aliphatic carbocycles. The van der Waals surface area contributed by atoms with Crippen LogP contribution in [0.1, 0.15) is 22.5 Å². The summed E-state index contributed by atoms with van der Waals surface area (Å²) in [5.74, 6) is 0.0317. The standard InChI is InChI=1S/C21H19N3O/c1-15-12-16(2)22-19(15)13-18-17-8-4-5-9-20(17)24(21(18)25)14-23-10-6-3-7-11-23/h3-13H,14H2,1-2H3/p+1. The number of nitrogens with one attached hydrogen (secondary N) is 1. The number of aromatic amines is 1. The van der Waals surface area contributed by atoms with Crippen molar-refractivity contribution in [1.82, 2.24) is 4.98 Å². The van der Waals surface area contributed by atoms with Gasteiger partial charge < -0.3 is 4.98 Å². The van der Waals surface area contributed by atoms with Gasteiger partial charge in [0.25, 0.3) is 5.91 Å². The molecular weight excluding hydrogens is 310 g/mol. The smallest absolute Gasteiger partial charge is 0.263 e. The molecule has 1 N–H and O–H groups in total. The molecule has 0 saturated heterocycles. The zero-order valence-corrected chi connectivity index (χ0v) is 14.4. The summed E-state index contributed by atoms with van der Waals surface area (Å²) in [5, 5.41) is 0. The second-order valence-corrected chi connectivity index (χ2v) is 6.39. The van der Waals surface area contributed by atoms with Gasteiger partial charge in [-0.25, -0.2) is 0 Å². The molecule has 0 fully saturated rings. The number of H-pyrrole nitrogens is 1. The quantitative estimate of drug-likeness (QED) is 0.580. The third-order valence-corrected chi connectivity index (χ3v) is 4.52. The van der Waals surface area contributed by atoms with Crippen LogP contribution >= 0.6 is 0 Å². The van der Waals surface area contributed by atoms with Crippen molar-refractivity contribution in [2.24, 2.45) is 0 Å². The Morgan fingerprint density at radius 2 is 1.84 bits per heavy atom. The fourth-order valence-electron chi connectivity index (χ4n) is 3.32. The third kappa shape index (κ3) is 2.76. The minimum absolute atomic E-state index is 0.0317. The molecule has 25 heavy (non-hydrogen) atoms. The molecule has 124 valence electrons. The summed E-state index contributed by atoms with van der Waals surface area (Å²) in [4.78, 5) is 18.3. The molecule has 1 amide bonds. The van der Waals surface area contributed by atoms with Crippen molar-refractivity contribution in [3.05, 3.63) is 83.4 Å². The molecule has 0 spiro atoms. The lowest BCUT2D eigenvalue weighted by Gasteiger charge is -2.12. The van der Waals surface area contributed by atoms with Crippen LogP contribution in [-0.4, -0.2) is 10.9 Å². The number of hydrogen-bond acceptors (Lipinski definition) is 1. The Morgan fingerprint density at radius 1 is 1.08 bits per heavy atom. The van der Waals surface area contributed by atoms with Crippen LogP contribution in [0.2, 0.25) is 0 Å². The van der Waals surface area contributed by atoms with Crippen molar-refractivity contribution < 1.29 is 9.36 Å². The number of anilines is 1. The lowest BCUT2D eigenvalue weighted by molar-refractivity contribution is -0.694. The van der Waals surface area contributed by atoms with Gasteiger partial charge in [-0.05, 0) is 37.6 Å². The van der Waals surface area contributed by atoms with E-state index in [4.69, 9.17) is 0 Å². The number of carbonyl (C=O) groups is 1. The highest BCUT2D eigenvalue weighted by Crippen LogP contribution is 2.37. The van der Waals surface area contributed by atoms with Crippen LogP contribution in [0, 0.1) is 13.8 Å². The molecular formula is C21H20N3O+. The average Bonchev–Trinajstić information content (AvgIpc) is 3.07. The molecule has 0 atom stereocenters. The molecule has 0 bridgehead atoms. The number of aryl methyl sites for hydroxylation is 2. The fourth-order valence-corrected chi connectivity index (χ4v) is 3.32. The Bertz CT molecular complexity index is 970. The number of nitrogens with zero attached hydrogens (tertiary/aromatic N) is 2. The predicted octanol–water partition coefficient (Wildman–Crippen LogP) is 3.46. The van der Waals surface area contributed by atoms with Gasteiger partial charge in [0.1, 0.15) is 0 Å². The summed E-state index contributed by atoms with van der Waals surface area (Å²) in [6.07, 6.45) is 5.91. The van der Waals surface area contributed by atoms with Crippen molar-refractivity contribution in [2.75, 3.05) is 4.90 Å². The van der Waals surface area contributed by atoms with E-state index in [-0.39, 0.29) is 5.91 Å². The van der Waals surface area contributed by atoms with Crippen LogP contribution in [-0.2, 0) is 11.5 Å². The Kier molecular flexibility index (Phi) is 3.73. The van der Waals surface area contributed by atoms with Gasteiger partial charge in [-0.2, -0.15) is 4.57 Å². The van der Waals surface area contributed by atoms with E-state index < -0.39 is 0 Å². The molecule has 1 aromatic carbocycles. The second kappa shape index (κ2) is 6.06. The maximum atomic E-state index is 13.1. The molecule has 2 aromatic heterocycles. The van der Waals surface area contributed by atoms with Crippen LogP contribution in [0.15, 0.2) is 60.9 Å². The Hall–Kier alpha value is -3.14. The van der Waals surface area contributed by atoms with E-state index >= 15 is 0 Å². The van der Waals surface area contributed by atoms with E-state index in [9.17, 15) is 4.79 Å². The molecule has 1 aliphatic heterocycles. The molecule has 3 aromatic rings. The average molecular weight is 330 g/mol. The lowest BCUT2D eigenvalue weighted by atomic mass is 10.1. The lowest BCUT2D eigenvalue weighted by Crippen LogP contribution is -2.44. The molecule has 0 saturated carbocycles. The zero-order chi connectivity index (χ0) is 17.4. The largest absolute Gasteiger partial charge is 0.359 e. The summed E-state index contributed by atoms with van der Waals surface area (Å²) in [6.45, 7) is 4.58. The Morgan fingerprint density at radius 3 is 2.56 bits per heavy atom. The fraction of sp³-hybridized carbons (Fsp3) is 0.143. The number of amides is 1. The SMILES string of the molecule is Cc1cc(C)c(C=C2C(=O)N(C[n+]3ccccc3)c3ccccc32)[nH]1. The molecule has 1 aliphatic rings. The first kappa shape index (κ1) is 15.4. The molecule has 0 unspecified atom stereocenters. The van der Waals surface area contributed by atoms with E-state index in [1.807, 2.05) is 77.3 Å². The van der Waals surface area contributed by atoms with Crippen LogP contribution in [0.25, 0.3) is 11.6 Å². The number of aromatic nitrogens is 2. The first-order valence-corrected chi connectivity index (χ1v) is 8.37. The zero-order valence-electron chi connectivity index (χ0n) is 14.4. The minimum Gasteiger partial charge on any atom is -0.359 e. The molecule has 4 nitrogen and oxygen atoms in total. The normalized spacial score (nSPS) is 15.0. The number of rotatable bonds is 3. The maximum absolute atomic E-state index is 13.1. The Labute approximate surface area is 147 Å². The number of hydrogen-bond donors (Lipinski definition) is 1. The summed E-state index contributed by atoms with van der Waals surface area (Å²) in [7, 11) is 0. The van der Waals surface area contributed by atoms with Gasteiger partial charge in [0, 0.05) is 29.1 Å². The van der Waals surface area contributed by atoms with Crippen molar-refractivity contribution >= 4 is 23.2 Å². The predicted molar refractivity (Wildman–Crippen MR) is 98.7 cm³/mol. The van der Waals surface area contributed by atoms with Gasteiger partial charge in [0.05, 0.1) is 11.3 Å². The van der Waals surface area contributed by atoms with Crippen molar-refractivity contribution in [2.45, 2.75) is 20.5 Å². The van der Waals surface area contributed by atoms with Crippen LogP contribution < -0.4 is 9.47 Å². The van der Waals surface area contributed by atoms with E-state index in [0.717, 1.165) is 33.8 Å². The maximum Gasteiger partial charge on any atom is 0.263 e. The van der Waals surface area contributed by atoms with Crippen LogP contribution in [0.4, 0.5) is 5.69 Å². The minimum atomic E-state index is 0.0317. The van der Waals surface area contributed by atoms with E-state index in [1.54, 1.807) is 0 Å². The number of carbonyl (C=O) groups excluding carboxylic acids is 1. The van der Waals surface area contributed by atoms with Gasteiger partial charge >= 0.3 is 0 Å².